The van der Waals surface area contributed by atoms with Gasteiger partial charge in [0.2, 0.25) is 0 Å². The van der Waals surface area contributed by atoms with Gasteiger partial charge in [-0.3, -0.25) is 0 Å². The number of hydrogen-bond donors (Lipinski definition) is 2. The molecular weight excluding hydrogens is 262 g/mol. The molecule has 0 amide bonds. The number of hydrogen-bond acceptors (Lipinski definition) is 5. The Hall–Kier alpha value is -1.36. The Morgan fingerprint density at radius 3 is 2.67 bits per heavy atom. The quantitative estimate of drug-likeness (QED) is 0.647. The maximum atomic E-state index is 5.61. The summed E-state index contributed by atoms with van der Waals surface area (Å²) in [5.74, 6) is 9.07. The number of anilines is 2. The molecule has 2 atom stereocenters. The fourth-order valence-corrected chi connectivity index (χ4v) is 3.73. The maximum Gasteiger partial charge on any atom is 0.145 e. The van der Waals surface area contributed by atoms with Gasteiger partial charge in [-0.15, -0.1) is 0 Å². The lowest BCUT2D eigenvalue weighted by atomic mass is 9.92. The van der Waals surface area contributed by atoms with E-state index in [-0.39, 0.29) is 5.41 Å². The molecule has 5 nitrogen and oxygen atoms in total. The predicted molar refractivity (Wildman–Crippen MR) is 86.3 cm³/mol. The monoisotopic (exact) mass is 289 g/mol. The number of piperidine rings is 1. The van der Waals surface area contributed by atoms with Crippen molar-refractivity contribution in [3.8, 4) is 0 Å². The smallest absolute Gasteiger partial charge is 0.145 e. The van der Waals surface area contributed by atoms with Crippen molar-refractivity contribution in [3.63, 3.8) is 0 Å². The standard InChI is InChI=1S/C16H27N5/c1-16(2,3)15-18-13(20-17)10-14(19-15)21-9-5-7-11-6-4-8-12(11)21/h10-12H,4-9,17H2,1-3H3,(H,18,19,20). The summed E-state index contributed by atoms with van der Waals surface area (Å²) in [5.41, 5.74) is 2.62. The molecule has 2 fully saturated rings. The van der Waals surface area contributed by atoms with E-state index in [0.717, 1.165) is 24.1 Å². The van der Waals surface area contributed by atoms with E-state index in [1.165, 1.54) is 32.1 Å². The van der Waals surface area contributed by atoms with Crippen LogP contribution in [0.1, 0.15) is 58.7 Å². The Kier molecular flexibility index (Phi) is 3.78. The molecule has 2 heterocycles. The summed E-state index contributed by atoms with van der Waals surface area (Å²) >= 11 is 0. The largest absolute Gasteiger partial charge is 0.353 e. The van der Waals surface area contributed by atoms with Crippen LogP contribution < -0.4 is 16.2 Å². The topological polar surface area (TPSA) is 67.1 Å². The Bertz CT molecular complexity index is 508. The lowest BCUT2D eigenvalue weighted by molar-refractivity contribution is 0.359. The molecule has 3 N–H and O–H groups in total. The van der Waals surface area contributed by atoms with Crippen molar-refractivity contribution >= 4 is 11.6 Å². The normalized spacial score (nSPS) is 25.8. The van der Waals surface area contributed by atoms with E-state index in [9.17, 15) is 0 Å². The minimum absolute atomic E-state index is 0.0769. The highest BCUT2D eigenvalue weighted by atomic mass is 15.3. The Labute approximate surface area is 127 Å². The molecule has 1 aromatic heterocycles. The van der Waals surface area contributed by atoms with Crippen LogP contribution in [0, 0.1) is 5.92 Å². The third-order valence-corrected chi connectivity index (χ3v) is 4.82. The molecule has 1 aliphatic carbocycles. The zero-order valence-corrected chi connectivity index (χ0v) is 13.4. The number of nitrogens with zero attached hydrogens (tertiary/aromatic N) is 3. The van der Waals surface area contributed by atoms with Gasteiger partial charge in [0, 0.05) is 24.1 Å². The number of nitrogens with two attached hydrogens (primary N) is 1. The molecular formula is C16H27N5. The summed E-state index contributed by atoms with van der Waals surface area (Å²) in [6, 6.07) is 2.66. The van der Waals surface area contributed by atoms with Gasteiger partial charge in [-0.1, -0.05) is 27.2 Å². The predicted octanol–water partition coefficient (Wildman–Crippen LogP) is 2.83. The van der Waals surface area contributed by atoms with Crippen LogP contribution in [0.15, 0.2) is 6.07 Å². The highest BCUT2D eigenvalue weighted by Gasteiger charge is 2.36. The van der Waals surface area contributed by atoms with E-state index >= 15 is 0 Å². The summed E-state index contributed by atoms with van der Waals surface area (Å²) < 4.78 is 0. The first kappa shape index (κ1) is 14.6. The van der Waals surface area contributed by atoms with E-state index in [4.69, 9.17) is 10.8 Å². The molecule has 1 aliphatic heterocycles. The van der Waals surface area contributed by atoms with Crippen LogP contribution in [-0.2, 0) is 5.41 Å². The molecule has 21 heavy (non-hydrogen) atoms. The molecule has 1 saturated heterocycles. The molecule has 2 unspecified atom stereocenters. The van der Waals surface area contributed by atoms with Crippen molar-refractivity contribution in [3.05, 3.63) is 11.9 Å². The first-order valence-electron chi connectivity index (χ1n) is 8.12. The van der Waals surface area contributed by atoms with Gasteiger partial charge in [0.1, 0.15) is 17.5 Å². The lowest BCUT2D eigenvalue weighted by Crippen LogP contribution is -2.43. The zero-order chi connectivity index (χ0) is 15.0. The third-order valence-electron chi connectivity index (χ3n) is 4.82. The molecule has 116 valence electrons. The van der Waals surface area contributed by atoms with Crippen molar-refractivity contribution in [2.24, 2.45) is 11.8 Å². The van der Waals surface area contributed by atoms with Gasteiger partial charge in [-0.2, -0.15) is 0 Å². The molecule has 5 heteroatoms. The molecule has 3 rings (SSSR count). The summed E-state index contributed by atoms with van der Waals surface area (Å²) in [4.78, 5) is 11.9. The fraction of sp³-hybridized carbons (Fsp3) is 0.750. The maximum absolute atomic E-state index is 5.61. The second-order valence-electron chi connectivity index (χ2n) is 7.42. The van der Waals surface area contributed by atoms with E-state index in [0.29, 0.717) is 11.9 Å². The van der Waals surface area contributed by atoms with E-state index in [2.05, 4.69) is 36.1 Å². The van der Waals surface area contributed by atoms with Crippen molar-refractivity contribution in [1.82, 2.24) is 9.97 Å². The molecule has 0 radical (unpaired) electrons. The van der Waals surface area contributed by atoms with Crippen LogP contribution >= 0.6 is 0 Å². The van der Waals surface area contributed by atoms with Gasteiger partial charge in [-0.25, -0.2) is 15.8 Å². The van der Waals surface area contributed by atoms with Crippen LogP contribution in [0.4, 0.5) is 11.6 Å². The molecule has 1 aromatic rings. The summed E-state index contributed by atoms with van der Waals surface area (Å²) in [5, 5.41) is 0. The number of nitrogen functional groups attached to an aromatic ring is 1. The number of fused-ring (bicyclic) bond motifs is 1. The Morgan fingerprint density at radius 2 is 1.95 bits per heavy atom. The highest BCUT2D eigenvalue weighted by Crippen LogP contribution is 2.39. The molecule has 1 saturated carbocycles. The van der Waals surface area contributed by atoms with Gasteiger partial charge in [-0.05, 0) is 31.6 Å². The molecule has 0 bridgehead atoms. The number of hydrazine groups is 1. The first-order chi connectivity index (χ1) is 9.99. The lowest BCUT2D eigenvalue weighted by Gasteiger charge is -2.39. The van der Waals surface area contributed by atoms with Crippen LogP contribution in [0.5, 0.6) is 0 Å². The highest BCUT2D eigenvalue weighted by molar-refractivity contribution is 5.50. The van der Waals surface area contributed by atoms with Crippen LogP contribution in [0.25, 0.3) is 0 Å². The average molecular weight is 289 g/mol. The first-order valence-corrected chi connectivity index (χ1v) is 8.12. The van der Waals surface area contributed by atoms with Gasteiger partial charge in [0.05, 0.1) is 0 Å². The Balaban J connectivity index is 1.97. The van der Waals surface area contributed by atoms with E-state index < -0.39 is 0 Å². The number of nitrogens with one attached hydrogen (secondary N) is 1. The van der Waals surface area contributed by atoms with Gasteiger partial charge < -0.3 is 10.3 Å². The minimum atomic E-state index is -0.0769. The van der Waals surface area contributed by atoms with Crippen LogP contribution in [0.2, 0.25) is 0 Å². The minimum Gasteiger partial charge on any atom is -0.353 e. The van der Waals surface area contributed by atoms with E-state index in [1.54, 1.807) is 0 Å². The van der Waals surface area contributed by atoms with Crippen molar-refractivity contribution in [2.75, 3.05) is 16.9 Å². The SMILES string of the molecule is CC(C)(C)c1nc(NN)cc(N2CCCC3CCCC32)n1. The second-order valence-corrected chi connectivity index (χ2v) is 7.42. The summed E-state index contributed by atoms with van der Waals surface area (Å²) in [6.45, 7) is 7.52. The molecule has 0 spiro atoms. The van der Waals surface area contributed by atoms with Crippen molar-refractivity contribution in [2.45, 2.75) is 64.3 Å². The van der Waals surface area contributed by atoms with E-state index in [1.807, 2.05) is 6.07 Å². The average Bonchev–Trinajstić information content (AvgIpc) is 2.94. The fourth-order valence-electron chi connectivity index (χ4n) is 3.73. The number of rotatable bonds is 2. The van der Waals surface area contributed by atoms with Gasteiger partial charge in [0.15, 0.2) is 0 Å². The van der Waals surface area contributed by atoms with Crippen LogP contribution in [-0.4, -0.2) is 22.6 Å². The summed E-state index contributed by atoms with van der Waals surface area (Å²) in [6.07, 6.45) is 6.66. The second kappa shape index (κ2) is 5.44. The van der Waals surface area contributed by atoms with Crippen LogP contribution in [0.3, 0.4) is 0 Å². The van der Waals surface area contributed by atoms with Crippen molar-refractivity contribution in [1.29, 1.82) is 0 Å². The number of aromatic nitrogens is 2. The molecule has 2 aliphatic rings. The van der Waals surface area contributed by atoms with Gasteiger partial charge in [0.25, 0.3) is 0 Å². The zero-order valence-electron chi connectivity index (χ0n) is 13.4. The van der Waals surface area contributed by atoms with Gasteiger partial charge >= 0.3 is 0 Å². The molecule has 0 aromatic carbocycles. The third kappa shape index (κ3) is 2.84. The Morgan fingerprint density at radius 1 is 1.19 bits per heavy atom. The van der Waals surface area contributed by atoms with Crippen molar-refractivity contribution < 1.29 is 0 Å². The summed E-state index contributed by atoms with van der Waals surface area (Å²) in [7, 11) is 0.